The molecule has 2 aromatic carbocycles. The number of nitrogens with zero attached hydrogens (tertiary/aromatic N) is 3. The molecule has 0 bridgehead atoms. The monoisotopic (exact) mass is 467 g/mol. The number of para-hydroxylation sites is 2. The fourth-order valence-electron chi connectivity index (χ4n) is 4.27. The second-order valence-electron chi connectivity index (χ2n) is 8.32. The van der Waals surface area contributed by atoms with Gasteiger partial charge in [0.05, 0.1) is 22.5 Å². The number of fused-ring (bicyclic) bond motifs is 1. The summed E-state index contributed by atoms with van der Waals surface area (Å²) in [5.74, 6) is 0.309. The Labute approximate surface area is 184 Å². The summed E-state index contributed by atoms with van der Waals surface area (Å²) >= 11 is 8.60. The fourth-order valence-corrected chi connectivity index (χ4v) is 5.65. The topological polar surface area (TPSA) is 79.6 Å². The van der Waals surface area contributed by atoms with Gasteiger partial charge in [-0.2, -0.15) is 17.9 Å². The first kappa shape index (κ1) is 20.0. The summed E-state index contributed by atoms with van der Waals surface area (Å²) < 4.78 is 0.892. The summed E-state index contributed by atoms with van der Waals surface area (Å²) in [7, 11) is 0. The Morgan fingerprint density at radius 1 is 1.21 bits per heavy atom. The molecule has 2 N–H and O–H groups in total. The number of nitriles is 1. The molecule has 1 aromatic heterocycles. The maximum atomic E-state index is 10.6. The number of aromatic amines is 1. The zero-order valence-corrected chi connectivity index (χ0v) is 18.9. The van der Waals surface area contributed by atoms with Crippen LogP contribution in [0.1, 0.15) is 38.1 Å². The lowest BCUT2D eigenvalue weighted by Gasteiger charge is -2.37. The molecule has 148 valence electrons. The van der Waals surface area contributed by atoms with Crippen molar-refractivity contribution in [1.82, 2.24) is 14.9 Å². The van der Waals surface area contributed by atoms with Crippen LogP contribution in [0.3, 0.4) is 0 Å². The summed E-state index contributed by atoms with van der Waals surface area (Å²) in [4.78, 5) is 10.00. The van der Waals surface area contributed by atoms with Crippen molar-refractivity contribution in [2.24, 2.45) is 0 Å². The largest absolute Gasteiger partial charge is 0.342 e. The third-order valence-electron chi connectivity index (χ3n) is 5.55. The van der Waals surface area contributed by atoms with Crippen LogP contribution >= 0.6 is 28.6 Å². The van der Waals surface area contributed by atoms with E-state index in [2.05, 4.69) is 27.0 Å². The predicted molar refractivity (Wildman–Crippen MR) is 122 cm³/mol. The first-order chi connectivity index (χ1) is 13.7. The van der Waals surface area contributed by atoms with Gasteiger partial charge in [-0.05, 0) is 44.5 Å². The average Bonchev–Trinajstić information content (AvgIpc) is 3.19. The average molecular weight is 468 g/mol. The van der Waals surface area contributed by atoms with Gasteiger partial charge in [0.25, 0.3) is 0 Å². The van der Waals surface area contributed by atoms with Crippen molar-refractivity contribution < 1.29 is 0 Å². The molecule has 1 aliphatic rings. The van der Waals surface area contributed by atoms with Crippen LogP contribution in [0.5, 0.6) is 0 Å². The third kappa shape index (κ3) is 2.89. The zero-order valence-electron chi connectivity index (χ0n) is 16.4. The van der Waals surface area contributed by atoms with E-state index < -0.39 is 11.3 Å². The smallest absolute Gasteiger partial charge is 0.181 e. The number of hydrogen-bond acceptors (Lipinski definition) is 4. The summed E-state index contributed by atoms with van der Waals surface area (Å²) in [5, 5.41) is 19.3. The maximum Gasteiger partial charge on any atom is 0.181 e. The van der Waals surface area contributed by atoms with Crippen LogP contribution in [0, 0.1) is 16.7 Å². The van der Waals surface area contributed by atoms with E-state index in [0.717, 1.165) is 21.1 Å². The van der Waals surface area contributed by atoms with Crippen LogP contribution in [0.15, 0.2) is 53.0 Å². The standard InChI is InChI=1S/C22H22BrN5S/c1-21(2,3)28-18(29)17(13-8-4-5-9-14(13)23)22(12-24,19(28)25)20-26-15-10-6-7-11-16(15)27-20/h4-11,17-18,25,29H,1-3H3,(H,26,27). The molecule has 3 atom stereocenters. The highest BCUT2D eigenvalue weighted by Gasteiger charge is 2.62. The molecule has 0 amide bonds. The van der Waals surface area contributed by atoms with Crippen LogP contribution < -0.4 is 0 Å². The Hall–Kier alpha value is -2.30. The second kappa shape index (κ2) is 6.89. The number of aromatic nitrogens is 2. The van der Waals surface area contributed by atoms with E-state index in [0.29, 0.717) is 5.82 Å². The molecular weight excluding hydrogens is 446 g/mol. The van der Waals surface area contributed by atoms with Gasteiger partial charge >= 0.3 is 0 Å². The van der Waals surface area contributed by atoms with Gasteiger partial charge < -0.3 is 9.88 Å². The van der Waals surface area contributed by atoms with E-state index in [1.807, 2.05) is 74.2 Å². The number of benzene rings is 2. The van der Waals surface area contributed by atoms with Gasteiger partial charge in [0, 0.05) is 15.9 Å². The van der Waals surface area contributed by atoms with Crippen molar-refractivity contribution in [3.63, 3.8) is 0 Å². The number of nitrogens with one attached hydrogen (secondary N) is 2. The quantitative estimate of drug-likeness (QED) is 0.452. The summed E-state index contributed by atoms with van der Waals surface area (Å²) in [6.45, 7) is 6.11. The van der Waals surface area contributed by atoms with Gasteiger partial charge in [-0.25, -0.2) is 4.98 Å². The Bertz CT molecular complexity index is 1110. The van der Waals surface area contributed by atoms with Crippen LogP contribution in [-0.2, 0) is 5.41 Å². The van der Waals surface area contributed by atoms with E-state index in [1.165, 1.54) is 0 Å². The molecule has 29 heavy (non-hydrogen) atoms. The number of imidazole rings is 1. The Balaban J connectivity index is 2.03. The van der Waals surface area contributed by atoms with Crippen LogP contribution in [0.25, 0.3) is 11.0 Å². The minimum Gasteiger partial charge on any atom is -0.342 e. The summed E-state index contributed by atoms with van der Waals surface area (Å²) in [6.07, 6.45) is 0. The minimum absolute atomic E-state index is 0.215. The van der Waals surface area contributed by atoms with E-state index in [9.17, 15) is 5.26 Å². The van der Waals surface area contributed by atoms with Crippen molar-refractivity contribution >= 4 is 45.4 Å². The Morgan fingerprint density at radius 3 is 2.48 bits per heavy atom. The molecule has 3 unspecified atom stereocenters. The fraction of sp³-hybridized carbons (Fsp3) is 0.318. The van der Waals surface area contributed by atoms with Crippen molar-refractivity contribution in [3.05, 3.63) is 64.4 Å². The van der Waals surface area contributed by atoms with Gasteiger partial charge in [-0.3, -0.25) is 5.41 Å². The van der Waals surface area contributed by atoms with Gasteiger partial charge in [0.1, 0.15) is 11.7 Å². The predicted octanol–water partition coefficient (Wildman–Crippen LogP) is 5.22. The molecule has 3 aromatic rings. The van der Waals surface area contributed by atoms with Crippen molar-refractivity contribution in [1.29, 1.82) is 10.7 Å². The van der Waals surface area contributed by atoms with Gasteiger partial charge in [-0.15, -0.1) is 0 Å². The lowest BCUT2D eigenvalue weighted by molar-refractivity contribution is 0.231. The molecule has 1 fully saturated rings. The van der Waals surface area contributed by atoms with E-state index >= 15 is 0 Å². The lowest BCUT2D eigenvalue weighted by atomic mass is 9.74. The number of H-pyrrole nitrogens is 1. The lowest BCUT2D eigenvalue weighted by Crippen LogP contribution is -2.48. The van der Waals surface area contributed by atoms with Crippen LogP contribution in [0.4, 0.5) is 0 Å². The first-order valence-electron chi connectivity index (χ1n) is 9.39. The molecule has 5 nitrogen and oxygen atoms in total. The Morgan fingerprint density at radius 2 is 1.86 bits per heavy atom. The summed E-state index contributed by atoms with van der Waals surface area (Å²) in [6, 6.07) is 18.0. The molecule has 1 aliphatic heterocycles. The number of halogens is 1. The molecule has 0 saturated carbocycles. The van der Waals surface area contributed by atoms with Crippen LogP contribution in [0.2, 0.25) is 0 Å². The van der Waals surface area contributed by atoms with Crippen LogP contribution in [-0.4, -0.2) is 31.6 Å². The normalized spacial score (nSPS) is 24.8. The van der Waals surface area contributed by atoms with Gasteiger partial charge in [0.15, 0.2) is 5.41 Å². The molecule has 4 rings (SSSR count). The number of amidine groups is 1. The Kier molecular flexibility index (Phi) is 4.75. The zero-order chi connectivity index (χ0) is 21.0. The van der Waals surface area contributed by atoms with Crippen molar-refractivity contribution in [2.45, 2.75) is 43.0 Å². The van der Waals surface area contributed by atoms with E-state index in [4.69, 9.17) is 23.0 Å². The summed E-state index contributed by atoms with van der Waals surface area (Å²) in [5.41, 5.74) is 0.892. The molecule has 0 spiro atoms. The number of hydrogen-bond donors (Lipinski definition) is 3. The van der Waals surface area contributed by atoms with E-state index in [1.54, 1.807) is 0 Å². The highest BCUT2D eigenvalue weighted by atomic mass is 79.9. The highest BCUT2D eigenvalue weighted by molar-refractivity contribution is 9.10. The van der Waals surface area contributed by atoms with Crippen molar-refractivity contribution in [2.75, 3.05) is 0 Å². The molecule has 0 aliphatic carbocycles. The van der Waals surface area contributed by atoms with Crippen molar-refractivity contribution in [3.8, 4) is 6.07 Å². The molecule has 2 heterocycles. The number of likely N-dealkylation sites (tertiary alicyclic amines) is 1. The van der Waals surface area contributed by atoms with Gasteiger partial charge in [-0.1, -0.05) is 46.3 Å². The molecule has 7 heteroatoms. The number of thiol groups is 1. The highest BCUT2D eigenvalue weighted by Crippen LogP contribution is 2.53. The molecule has 0 radical (unpaired) electrons. The molecule has 1 saturated heterocycles. The van der Waals surface area contributed by atoms with E-state index in [-0.39, 0.29) is 16.7 Å². The van der Waals surface area contributed by atoms with Gasteiger partial charge in [0.2, 0.25) is 0 Å². The minimum atomic E-state index is -1.29. The molecular formula is C22H22BrN5S. The first-order valence-corrected chi connectivity index (χ1v) is 10.7. The third-order valence-corrected chi connectivity index (χ3v) is 6.80. The second-order valence-corrected chi connectivity index (χ2v) is 9.71. The number of rotatable bonds is 2. The SMILES string of the molecule is CC(C)(C)N1C(=N)C(C#N)(c2nc3ccccc3[nH]2)C(c2ccccc2Br)C1S. The maximum absolute atomic E-state index is 10.6.